The molecule has 30 heavy (non-hydrogen) atoms. The molecule has 0 N–H and O–H groups in total. The molecule has 0 radical (unpaired) electrons. The van der Waals surface area contributed by atoms with Gasteiger partial charge in [0.25, 0.3) is 5.91 Å². The number of nitrogens with zero attached hydrogens (tertiary/aromatic N) is 4. The summed E-state index contributed by atoms with van der Waals surface area (Å²) >= 11 is 0. The minimum absolute atomic E-state index is 0.203. The van der Waals surface area contributed by atoms with Crippen LogP contribution in [0.4, 0.5) is 0 Å². The van der Waals surface area contributed by atoms with Crippen LogP contribution in [0.2, 0.25) is 0 Å². The van der Waals surface area contributed by atoms with Crippen molar-refractivity contribution in [2.45, 2.75) is 39.8 Å². The van der Waals surface area contributed by atoms with Crippen LogP contribution in [0.15, 0.2) is 42.7 Å². The Morgan fingerprint density at radius 1 is 1.17 bits per heavy atom. The summed E-state index contributed by atoms with van der Waals surface area (Å²) in [4.78, 5) is 35.3. The highest BCUT2D eigenvalue weighted by Gasteiger charge is 2.29. The van der Waals surface area contributed by atoms with Crippen molar-refractivity contribution >= 4 is 22.9 Å². The zero-order valence-electron chi connectivity index (χ0n) is 18.1. The lowest BCUT2D eigenvalue weighted by Crippen LogP contribution is -2.43. The summed E-state index contributed by atoms with van der Waals surface area (Å²) in [7, 11) is 2.99. The van der Waals surface area contributed by atoms with Gasteiger partial charge in [-0.2, -0.15) is 0 Å². The van der Waals surface area contributed by atoms with Crippen LogP contribution < -0.4 is 0 Å². The second kappa shape index (κ2) is 9.07. The predicted molar refractivity (Wildman–Crippen MR) is 115 cm³/mol. The number of esters is 1. The molecule has 1 aromatic carbocycles. The fourth-order valence-electron chi connectivity index (χ4n) is 3.57. The third-order valence-electron chi connectivity index (χ3n) is 5.24. The third kappa shape index (κ3) is 4.50. The van der Waals surface area contributed by atoms with E-state index in [1.807, 2.05) is 45.2 Å². The normalized spacial score (nSPS) is 12.2. The highest BCUT2D eigenvalue weighted by Crippen LogP contribution is 2.18. The average molecular weight is 409 g/mol. The van der Waals surface area contributed by atoms with Crippen LogP contribution in [0.3, 0.4) is 0 Å². The van der Waals surface area contributed by atoms with Crippen LogP contribution in [0.25, 0.3) is 11.0 Å². The van der Waals surface area contributed by atoms with E-state index in [2.05, 4.69) is 14.5 Å². The molecule has 2 heterocycles. The second-order valence-electron chi connectivity index (χ2n) is 7.89. The van der Waals surface area contributed by atoms with E-state index in [0.717, 1.165) is 22.4 Å². The maximum absolute atomic E-state index is 12.9. The zero-order valence-corrected chi connectivity index (χ0v) is 18.1. The summed E-state index contributed by atoms with van der Waals surface area (Å²) in [6, 6.07) is 8.74. The Kier molecular flexibility index (Phi) is 6.50. The molecule has 1 atom stereocenters. The number of fused-ring (bicyclic) bond motifs is 1. The number of benzene rings is 1. The summed E-state index contributed by atoms with van der Waals surface area (Å²) in [5.74, 6) is 0.570. The van der Waals surface area contributed by atoms with E-state index in [1.54, 1.807) is 25.4 Å². The molecule has 0 aliphatic carbocycles. The van der Waals surface area contributed by atoms with Gasteiger partial charge in [0.2, 0.25) is 0 Å². The summed E-state index contributed by atoms with van der Waals surface area (Å²) in [6.07, 6.45) is 4.09. The molecule has 7 nitrogen and oxygen atoms in total. The standard InChI is InChI=1S/C23H28N4O3/c1-15(2)12-20(23(29)30-5)26(4)22(28)18-8-6-17(7-9-18)14-27-16(3)25-19-10-11-24-13-21(19)27/h6-11,13,15,20H,12,14H2,1-5H3/t20-/m0/s1. The molecule has 7 heteroatoms. The summed E-state index contributed by atoms with van der Waals surface area (Å²) in [5.41, 5.74) is 3.47. The number of hydrogen-bond acceptors (Lipinski definition) is 5. The largest absolute Gasteiger partial charge is 0.467 e. The molecule has 0 bridgehead atoms. The van der Waals surface area contributed by atoms with Gasteiger partial charge < -0.3 is 14.2 Å². The Balaban J connectivity index is 1.78. The molecule has 3 rings (SSSR count). The first-order valence-electron chi connectivity index (χ1n) is 10.0. The number of ether oxygens (including phenoxy) is 1. The van der Waals surface area contributed by atoms with Gasteiger partial charge in [-0.05, 0) is 43.0 Å². The van der Waals surface area contributed by atoms with Crippen molar-refractivity contribution in [1.82, 2.24) is 19.4 Å². The van der Waals surface area contributed by atoms with Gasteiger partial charge in [0.15, 0.2) is 0 Å². The first kappa shape index (κ1) is 21.5. The molecular formula is C23H28N4O3. The lowest BCUT2D eigenvalue weighted by Gasteiger charge is -2.27. The van der Waals surface area contributed by atoms with Crippen LogP contribution in [0.5, 0.6) is 0 Å². The second-order valence-corrected chi connectivity index (χ2v) is 7.89. The Bertz CT molecular complexity index is 1040. The summed E-state index contributed by atoms with van der Waals surface area (Å²) < 4.78 is 7.00. The molecule has 0 spiro atoms. The predicted octanol–water partition coefficient (Wildman–Crippen LogP) is 3.45. The van der Waals surface area contributed by atoms with Gasteiger partial charge in [-0.15, -0.1) is 0 Å². The van der Waals surface area contributed by atoms with Crippen molar-refractivity contribution in [3.63, 3.8) is 0 Å². The number of amides is 1. The van der Waals surface area contributed by atoms with E-state index in [-0.39, 0.29) is 11.8 Å². The number of likely N-dealkylation sites (N-methyl/N-ethyl adjacent to an activating group) is 1. The first-order valence-corrected chi connectivity index (χ1v) is 10.0. The van der Waals surface area contributed by atoms with Gasteiger partial charge in [-0.1, -0.05) is 26.0 Å². The molecule has 158 valence electrons. The molecule has 0 saturated heterocycles. The monoisotopic (exact) mass is 408 g/mol. The maximum atomic E-state index is 12.9. The molecule has 0 fully saturated rings. The van der Waals surface area contributed by atoms with Crippen LogP contribution in [0, 0.1) is 12.8 Å². The molecule has 0 saturated carbocycles. The molecule has 2 aromatic heterocycles. The van der Waals surface area contributed by atoms with Gasteiger partial charge >= 0.3 is 5.97 Å². The molecule has 0 unspecified atom stereocenters. The molecule has 0 aliphatic heterocycles. The smallest absolute Gasteiger partial charge is 0.328 e. The fourth-order valence-corrected chi connectivity index (χ4v) is 3.57. The summed E-state index contributed by atoms with van der Waals surface area (Å²) in [5, 5.41) is 0. The van der Waals surface area contributed by atoms with Crippen molar-refractivity contribution in [3.05, 3.63) is 59.7 Å². The highest BCUT2D eigenvalue weighted by atomic mass is 16.5. The van der Waals surface area contributed by atoms with E-state index in [0.29, 0.717) is 18.5 Å². The van der Waals surface area contributed by atoms with Gasteiger partial charge in [0.05, 0.1) is 24.3 Å². The SMILES string of the molecule is COC(=O)[C@H](CC(C)C)N(C)C(=O)c1ccc(Cn2c(C)nc3ccncc32)cc1. The highest BCUT2D eigenvalue weighted by molar-refractivity contribution is 5.96. The van der Waals surface area contributed by atoms with Crippen molar-refractivity contribution in [3.8, 4) is 0 Å². The number of hydrogen-bond donors (Lipinski definition) is 0. The molecule has 1 amide bonds. The fraction of sp³-hybridized carbons (Fsp3) is 0.391. The Morgan fingerprint density at radius 3 is 2.50 bits per heavy atom. The number of methoxy groups -OCH3 is 1. The number of pyridine rings is 1. The number of imidazole rings is 1. The van der Waals surface area contributed by atoms with Gasteiger partial charge in [0, 0.05) is 25.4 Å². The lowest BCUT2D eigenvalue weighted by molar-refractivity contribution is -0.146. The number of carbonyl (C=O) groups excluding carboxylic acids is 2. The number of aryl methyl sites for hydroxylation is 1. The summed E-state index contributed by atoms with van der Waals surface area (Å²) in [6.45, 7) is 6.63. The molecule has 0 aliphatic rings. The van der Waals surface area contributed by atoms with Crippen LogP contribution in [0.1, 0.15) is 42.0 Å². The maximum Gasteiger partial charge on any atom is 0.328 e. The van der Waals surface area contributed by atoms with Crippen molar-refractivity contribution in [2.75, 3.05) is 14.2 Å². The average Bonchev–Trinajstić information content (AvgIpc) is 3.06. The van der Waals surface area contributed by atoms with Gasteiger partial charge in [0.1, 0.15) is 11.9 Å². The first-order chi connectivity index (χ1) is 14.3. The number of aromatic nitrogens is 3. The Labute approximate surface area is 176 Å². The van der Waals surface area contributed by atoms with E-state index in [4.69, 9.17) is 4.74 Å². The zero-order chi connectivity index (χ0) is 21.8. The lowest BCUT2D eigenvalue weighted by atomic mass is 10.0. The topological polar surface area (TPSA) is 77.3 Å². The molecule has 3 aromatic rings. The van der Waals surface area contributed by atoms with Crippen molar-refractivity contribution in [2.24, 2.45) is 5.92 Å². The van der Waals surface area contributed by atoms with Crippen LogP contribution >= 0.6 is 0 Å². The van der Waals surface area contributed by atoms with Crippen LogP contribution in [-0.4, -0.2) is 51.5 Å². The minimum Gasteiger partial charge on any atom is -0.467 e. The Morgan fingerprint density at radius 2 is 1.87 bits per heavy atom. The minimum atomic E-state index is -0.602. The van der Waals surface area contributed by atoms with Gasteiger partial charge in [-0.3, -0.25) is 9.78 Å². The van der Waals surface area contributed by atoms with E-state index in [1.165, 1.54) is 12.0 Å². The number of rotatable bonds is 7. The van der Waals surface area contributed by atoms with Crippen molar-refractivity contribution in [1.29, 1.82) is 0 Å². The Hall–Kier alpha value is -3.22. The number of carbonyl (C=O) groups is 2. The quantitative estimate of drug-likeness (QED) is 0.560. The van der Waals surface area contributed by atoms with E-state index < -0.39 is 12.0 Å². The van der Waals surface area contributed by atoms with E-state index >= 15 is 0 Å². The van der Waals surface area contributed by atoms with Crippen LogP contribution in [-0.2, 0) is 16.1 Å². The third-order valence-corrected chi connectivity index (χ3v) is 5.24. The van der Waals surface area contributed by atoms with E-state index in [9.17, 15) is 9.59 Å². The molecular weight excluding hydrogens is 380 g/mol. The van der Waals surface area contributed by atoms with Crippen molar-refractivity contribution < 1.29 is 14.3 Å². The van der Waals surface area contributed by atoms with Gasteiger partial charge in [-0.25, -0.2) is 9.78 Å².